The van der Waals surface area contributed by atoms with Crippen molar-refractivity contribution in [3.63, 3.8) is 0 Å². The number of nitrogens with one attached hydrogen (secondary N) is 1. The molecule has 4 aliphatic rings. The second-order valence-electron chi connectivity index (χ2n) is 14.6. The van der Waals surface area contributed by atoms with Crippen molar-refractivity contribution >= 4 is 11.4 Å². The molecule has 2 aliphatic carbocycles. The Kier molecular flexibility index (Phi) is 7.56. The van der Waals surface area contributed by atoms with Gasteiger partial charge in [-0.25, -0.2) is 0 Å². The zero-order valence-corrected chi connectivity index (χ0v) is 30.0. The molecule has 54 heavy (non-hydrogen) atoms. The quantitative estimate of drug-likeness (QED) is 0.199. The number of hydrogen-bond donors (Lipinski definition) is 1. The fourth-order valence-electron chi connectivity index (χ4n) is 9.00. The fraction of sp³-hybridized carbons (Fsp3) is 0.120. The van der Waals surface area contributed by atoms with Crippen molar-refractivity contribution < 1.29 is 4.74 Å². The minimum atomic E-state index is -0.507. The van der Waals surface area contributed by atoms with Crippen LogP contribution in [-0.2, 0) is 5.41 Å². The van der Waals surface area contributed by atoms with Crippen LogP contribution in [0.5, 0.6) is 11.5 Å². The molecule has 0 aromatic heterocycles. The summed E-state index contributed by atoms with van der Waals surface area (Å²) in [6.07, 6.45) is 10.1. The van der Waals surface area contributed by atoms with Crippen molar-refractivity contribution in [2.45, 2.75) is 37.3 Å². The number of allylic oxidation sites excluding steroid dienone is 5. The molecule has 2 unspecified atom stereocenters. The summed E-state index contributed by atoms with van der Waals surface area (Å²) in [6, 6.07) is 51.8. The SMILES string of the molecule is CC1=C(c2ccc3c(c2)Oc2ccccc2C32c3ccccc3-c3ccccc32)NC(c2ccc(C#N)cc2)N=C(c2ccc(C3C=CC=CC3)cc2)C1. The highest BCUT2D eigenvalue weighted by Crippen LogP contribution is 2.62. The van der Waals surface area contributed by atoms with Crippen LogP contribution in [-0.4, -0.2) is 5.71 Å². The van der Waals surface area contributed by atoms with Crippen LogP contribution in [0.4, 0.5) is 0 Å². The van der Waals surface area contributed by atoms with E-state index in [4.69, 9.17) is 9.73 Å². The van der Waals surface area contributed by atoms with Crippen molar-refractivity contribution in [3.8, 4) is 28.7 Å². The molecule has 6 aromatic carbocycles. The Hall–Kier alpha value is -6.70. The van der Waals surface area contributed by atoms with Crippen LogP contribution in [0, 0.1) is 11.3 Å². The Labute approximate surface area is 316 Å². The molecule has 1 N–H and O–H groups in total. The fourth-order valence-corrected chi connectivity index (χ4v) is 9.00. The minimum absolute atomic E-state index is 0.358. The second-order valence-corrected chi connectivity index (χ2v) is 14.6. The number of fused-ring (bicyclic) bond motifs is 9. The number of nitrogens with zero attached hydrogens (tertiary/aromatic N) is 2. The van der Waals surface area contributed by atoms with E-state index in [2.05, 4.69) is 158 Å². The summed E-state index contributed by atoms with van der Waals surface area (Å²) >= 11 is 0. The molecule has 1 spiro atoms. The summed E-state index contributed by atoms with van der Waals surface area (Å²) in [6.45, 7) is 2.20. The third-order valence-corrected chi connectivity index (χ3v) is 11.6. The Morgan fingerprint density at radius 3 is 2.04 bits per heavy atom. The number of ether oxygens (including phenoxy) is 1. The van der Waals surface area contributed by atoms with Crippen LogP contribution >= 0.6 is 0 Å². The van der Waals surface area contributed by atoms with Gasteiger partial charge in [-0.2, -0.15) is 5.26 Å². The van der Waals surface area contributed by atoms with Gasteiger partial charge in [0.05, 0.1) is 17.0 Å². The Balaban J connectivity index is 1.09. The molecule has 258 valence electrons. The summed E-state index contributed by atoms with van der Waals surface area (Å²) in [7, 11) is 0. The van der Waals surface area contributed by atoms with Gasteiger partial charge >= 0.3 is 0 Å². The van der Waals surface area contributed by atoms with Crippen LogP contribution in [0.1, 0.15) is 81.9 Å². The van der Waals surface area contributed by atoms with E-state index in [1.54, 1.807) is 0 Å². The summed E-state index contributed by atoms with van der Waals surface area (Å²) in [5, 5.41) is 13.4. The summed E-state index contributed by atoms with van der Waals surface area (Å²) < 4.78 is 6.86. The Bertz CT molecular complexity index is 2590. The average Bonchev–Trinajstić information content (AvgIpc) is 3.40. The Morgan fingerprint density at radius 2 is 1.33 bits per heavy atom. The van der Waals surface area contributed by atoms with Gasteiger partial charge in [0, 0.05) is 40.4 Å². The third kappa shape index (κ3) is 5.00. The lowest BCUT2D eigenvalue weighted by molar-refractivity contribution is 0.436. The van der Waals surface area contributed by atoms with Crippen molar-refractivity contribution in [1.29, 1.82) is 5.26 Å². The molecular formula is C50H37N3O. The van der Waals surface area contributed by atoms with E-state index in [-0.39, 0.29) is 6.17 Å². The van der Waals surface area contributed by atoms with Gasteiger partial charge in [-0.1, -0.05) is 140 Å². The molecule has 0 amide bonds. The molecule has 4 heteroatoms. The topological polar surface area (TPSA) is 57.4 Å². The maximum atomic E-state index is 9.54. The van der Waals surface area contributed by atoms with Crippen molar-refractivity contribution in [2.24, 2.45) is 4.99 Å². The van der Waals surface area contributed by atoms with E-state index < -0.39 is 5.41 Å². The molecule has 0 radical (unpaired) electrons. The van der Waals surface area contributed by atoms with Gasteiger partial charge in [-0.15, -0.1) is 0 Å². The van der Waals surface area contributed by atoms with E-state index >= 15 is 0 Å². The van der Waals surface area contributed by atoms with Crippen molar-refractivity contribution in [2.75, 3.05) is 0 Å². The van der Waals surface area contributed by atoms with Gasteiger partial charge < -0.3 is 10.1 Å². The lowest BCUT2D eigenvalue weighted by atomic mass is 9.66. The number of benzene rings is 6. The van der Waals surface area contributed by atoms with Crippen molar-refractivity contribution in [3.05, 3.63) is 219 Å². The van der Waals surface area contributed by atoms with E-state index in [0.29, 0.717) is 17.9 Å². The molecule has 2 atom stereocenters. The van der Waals surface area contributed by atoms with Gasteiger partial charge in [-0.05, 0) is 82.1 Å². The van der Waals surface area contributed by atoms with E-state index in [1.165, 1.54) is 33.4 Å². The largest absolute Gasteiger partial charge is 0.457 e. The molecule has 10 rings (SSSR count). The first-order valence-corrected chi connectivity index (χ1v) is 18.7. The van der Waals surface area contributed by atoms with Gasteiger partial charge in [0.15, 0.2) is 0 Å². The maximum absolute atomic E-state index is 9.54. The molecule has 2 heterocycles. The molecule has 6 aromatic rings. The molecular weight excluding hydrogens is 659 g/mol. The smallest absolute Gasteiger partial charge is 0.145 e. The molecule has 4 nitrogen and oxygen atoms in total. The first-order chi connectivity index (χ1) is 26.6. The number of para-hydroxylation sites is 1. The van der Waals surface area contributed by atoms with Crippen molar-refractivity contribution in [1.82, 2.24) is 5.32 Å². The monoisotopic (exact) mass is 695 g/mol. The zero-order chi connectivity index (χ0) is 36.2. The first-order valence-electron chi connectivity index (χ1n) is 18.7. The number of rotatable bonds is 4. The van der Waals surface area contributed by atoms with Crippen LogP contribution in [0.15, 0.2) is 174 Å². The number of hydrogen-bond acceptors (Lipinski definition) is 4. The summed E-state index contributed by atoms with van der Waals surface area (Å²) in [5.74, 6) is 2.12. The molecule has 2 aliphatic heterocycles. The van der Waals surface area contributed by atoms with Gasteiger partial charge in [0.2, 0.25) is 0 Å². The molecule has 0 saturated heterocycles. The van der Waals surface area contributed by atoms with Gasteiger partial charge in [0.1, 0.15) is 17.7 Å². The molecule has 0 fully saturated rings. The standard InChI is InChI=1S/C50H37N3O/c1-32-29-45(36-25-23-35(24-26-36)34-11-3-2-4-12-34)52-49(37-21-19-33(31-51)20-22-37)53-48(32)38-27-28-44-47(30-38)54-46-18-10-9-17-43(46)50(44)41-15-7-5-13-39(41)40-14-6-8-16-42(40)50/h2-11,13-28,30,34,49,53H,12,29H2,1H3. The van der Waals surface area contributed by atoms with Gasteiger partial charge in [-0.3, -0.25) is 4.99 Å². The van der Waals surface area contributed by atoms with E-state index in [9.17, 15) is 5.26 Å². The molecule has 0 saturated carbocycles. The highest BCUT2D eigenvalue weighted by atomic mass is 16.5. The van der Waals surface area contributed by atoms with Crippen LogP contribution in [0.2, 0.25) is 0 Å². The lowest BCUT2D eigenvalue weighted by Crippen LogP contribution is -2.32. The predicted octanol–water partition coefficient (Wildman–Crippen LogP) is 11.5. The minimum Gasteiger partial charge on any atom is -0.457 e. The number of nitriles is 1. The predicted molar refractivity (Wildman–Crippen MR) is 217 cm³/mol. The van der Waals surface area contributed by atoms with Crippen LogP contribution in [0.25, 0.3) is 16.8 Å². The van der Waals surface area contributed by atoms with E-state index in [1.807, 2.05) is 24.3 Å². The highest BCUT2D eigenvalue weighted by molar-refractivity contribution is 6.03. The summed E-state index contributed by atoms with van der Waals surface area (Å²) in [4.78, 5) is 5.39. The van der Waals surface area contributed by atoms with Gasteiger partial charge in [0.25, 0.3) is 0 Å². The van der Waals surface area contributed by atoms with E-state index in [0.717, 1.165) is 57.1 Å². The first kappa shape index (κ1) is 32.0. The Morgan fingerprint density at radius 1 is 0.685 bits per heavy atom. The number of aliphatic imine (C=N–C) groups is 1. The highest BCUT2D eigenvalue weighted by Gasteiger charge is 2.51. The molecule has 0 bridgehead atoms. The maximum Gasteiger partial charge on any atom is 0.145 e. The van der Waals surface area contributed by atoms with Crippen LogP contribution in [0.3, 0.4) is 0 Å². The normalized spacial score (nSPS) is 18.6. The average molecular weight is 696 g/mol. The second kappa shape index (κ2) is 12.8. The summed E-state index contributed by atoms with van der Waals surface area (Å²) in [5.41, 5.74) is 15.2. The van der Waals surface area contributed by atoms with Crippen LogP contribution < -0.4 is 10.1 Å². The lowest BCUT2D eigenvalue weighted by Gasteiger charge is -2.39. The zero-order valence-electron chi connectivity index (χ0n) is 30.0. The third-order valence-electron chi connectivity index (χ3n) is 11.6.